The van der Waals surface area contributed by atoms with Crippen molar-refractivity contribution in [1.29, 1.82) is 0 Å². The van der Waals surface area contributed by atoms with Gasteiger partial charge in [0.2, 0.25) is 11.4 Å². The molecule has 0 aromatic carbocycles. The lowest BCUT2D eigenvalue weighted by Crippen LogP contribution is -2.60. The molecular formula is C41H66N18S4+2. The Morgan fingerprint density at radius 1 is 0.587 bits per heavy atom. The van der Waals surface area contributed by atoms with Gasteiger partial charge in [-0.25, -0.2) is 14.7 Å². The molecule has 2 aliphatic rings. The van der Waals surface area contributed by atoms with Crippen molar-refractivity contribution < 1.29 is 4.68 Å². The second kappa shape index (κ2) is 22.9. The van der Waals surface area contributed by atoms with Crippen molar-refractivity contribution in [2.45, 2.75) is 152 Å². The van der Waals surface area contributed by atoms with Gasteiger partial charge in [0.05, 0.1) is 13.1 Å². The number of aryl methyl sites for hydroxylation is 3. The molecule has 5 aromatic heterocycles. The highest BCUT2D eigenvalue weighted by Gasteiger charge is 2.41. The minimum absolute atomic E-state index is 0.442. The van der Waals surface area contributed by atoms with Crippen LogP contribution < -0.4 is 30.6 Å². The van der Waals surface area contributed by atoms with Gasteiger partial charge in [0, 0.05) is 50.5 Å². The monoisotopic (exact) mass is 938 g/mol. The van der Waals surface area contributed by atoms with Crippen LogP contribution in [0.4, 0.5) is 11.9 Å². The maximum Gasteiger partial charge on any atom is 0.453 e. The van der Waals surface area contributed by atoms with E-state index in [9.17, 15) is 0 Å². The van der Waals surface area contributed by atoms with Crippen molar-refractivity contribution in [1.82, 2.24) is 67.9 Å². The number of unbranched alkanes of at least 4 members (excludes halogenated alkanes) is 8. The third-order valence-electron chi connectivity index (χ3n) is 10.9. The van der Waals surface area contributed by atoms with Gasteiger partial charge in [-0.05, 0) is 30.7 Å². The Hall–Kier alpha value is -3.76. The lowest BCUT2D eigenvalue weighted by molar-refractivity contribution is -0.684. The van der Waals surface area contributed by atoms with E-state index in [0.717, 1.165) is 124 Å². The average Bonchev–Trinajstić information content (AvgIpc) is 3.56. The molecule has 0 amide bonds. The van der Waals surface area contributed by atoms with Crippen molar-refractivity contribution in [3.63, 3.8) is 0 Å². The van der Waals surface area contributed by atoms with E-state index in [1.54, 1.807) is 54.1 Å². The fourth-order valence-corrected chi connectivity index (χ4v) is 11.1. The van der Waals surface area contributed by atoms with E-state index < -0.39 is 0 Å². The van der Waals surface area contributed by atoms with Crippen LogP contribution in [0, 0.1) is 6.92 Å². The summed E-state index contributed by atoms with van der Waals surface area (Å²) < 4.78 is 12.9. The fraction of sp³-hybridized carbons (Fsp3) is 0.707. The standard InChI is InChI=1S/C41H66N18S4/c1-9-14-18-26-60-34-43-30(6)57-39(50-34)54-24-25-56-38-46-32(42-7)47-41(63-29-21-17-12-4)59(38)52(8)37-49-36(62-28-20-16-11-3)51-40(58(37)56)55(54)23-22-53(57)33-44-31(13-5)45-35(48-33)61-27-19-15-10-2/h9-29H2,1-8H3/q+2. The molecule has 0 aliphatic carbocycles. The van der Waals surface area contributed by atoms with Gasteiger partial charge in [-0.2, -0.15) is 34.1 Å². The first-order valence-corrected chi connectivity index (χ1v) is 27.0. The van der Waals surface area contributed by atoms with Gasteiger partial charge in [0.15, 0.2) is 10.3 Å². The second-order valence-corrected chi connectivity index (χ2v) is 19.9. The minimum Gasteiger partial charge on any atom is -0.253 e. The topological polar surface area (TPSA) is 160 Å². The molecule has 342 valence electrons. The van der Waals surface area contributed by atoms with Crippen LogP contribution in [0.1, 0.15) is 123 Å². The van der Waals surface area contributed by atoms with E-state index in [2.05, 4.69) is 84.3 Å². The molecule has 7 rings (SSSR count). The predicted molar refractivity (Wildman–Crippen MR) is 254 cm³/mol. The average molecular weight is 939 g/mol. The number of hydrogen-bond donors (Lipinski definition) is 0. The quantitative estimate of drug-likeness (QED) is 0.0357. The van der Waals surface area contributed by atoms with Crippen LogP contribution in [0.2, 0.25) is 0 Å². The summed E-state index contributed by atoms with van der Waals surface area (Å²) in [7, 11) is 3.80. The molecule has 7 heterocycles. The Bertz CT molecular complexity index is 2510. The summed E-state index contributed by atoms with van der Waals surface area (Å²) in [6, 6.07) is 0. The number of anilines is 2. The molecule has 63 heavy (non-hydrogen) atoms. The molecule has 22 heteroatoms. The van der Waals surface area contributed by atoms with Gasteiger partial charge in [-0.3, -0.25) is 4.99 Å². The smallest absolute Gasteiger partial charge is 0.253 e. The van der Waals surface area contributed by atoms with Crippen LogP contribution in [-0.2, 0) is 20.0 Å². The number of nitrogens with zero attached hydrogens (tertiary/aromatic N) is 18. The van der Waals surface area contributed by atoms with Gasteiger partial charge in [0.1, 0.15) is 18.9 Å². The SMILES string of the molecule is CCCCCSc1nc(CC)nc(N2CC[N+]3=c4nc(SCCCCC)nc5n(C)n6c(SCCCCC)nc(=NC)nc6n(n45)CCN3c3nc(SCCCCC)nc(C)[n+]32)n1. The number of hydrazine groups is 1. The molecule has 18 nitrogen and oxygen atoms in total. The number of rotatable bonds is 22. The number of aromatic nitrogens is 14. The highest BCUT2D eigenvalue weighted by molar-refractivity contribution is 7.99. The Morgan fingerprint density at radius 2 is 1.21 bits per heavy atom. The molecule has 0 saturated heterocycles. The summed E-state index contributed by atoms with van der Waals surface area (Å²) >= 11 is 6.87. The molecule has 0 N–H and O–H groups in total. The summed E-state index contributed by atoms with van der Waals surface area (Å²) in [5, 5.41) is 7.45. The van der Waals surface area contributed by atoms with Crippen LogP contribution in [0.15, 0.2) is 25.6 Å². The van der Waals surface area contributed by atoms with Crippen molar-refractivity contribution in [3.05, 3.63) is 22.9 Å². The van der Waals surface area contributed by atoms with E-state index in [1.807, 2.05) is 7.05 Å². The molecule has 0 saturated carbocycles. The lowest BCUT2D eigenvalue weighted by atomic mass is 10.3. The number of thioether (sulfide) groups is 4. The summed E-state index contributed by atoms with van der Waals surface area (Å²) in [6.07, 6.45) is 14.4. The normalized spacial score (nSPS) is 14.2. The third kappa shape index (κ3) is 10.9. The number of hydrogen-bond acceptors (Lipinski definition) is 16. The van der Waals surface area contributed by atoms with Gasteiger partial charge in [0.25, 0.3) is 16.9 Å². The summed E-state index contributed by atoms with van der Waals surface area (Å²) in [5.74, 6) is 8.10. The first kappa shape index (κ1) is 47.2. The first-order chi connectivity index (χ1) is 30.8. The first-order valence-electron chi connectivity index (χ1n) is 23.0. The predicted octanol–water partition coefficient (Wildman–Crippen LogP) is 5.76. The van der Waals surface area contributed by atoms with Crippen LogP contribution in [0.25, 0.3) is 11.6 Å². The van der Waals surface area contributed by atoms with Crippen LogP contribution in [0.3, 0.4) is 0 Å². The van der Waals surface area contributed by atoms with Gasteiger partial charge < -0.3 is 0 Å². The molecule has 0 fully saturated rings. The maximum atomic E-state index is 5.44. The highest BCUT2D eigenvalue weighted by Crippen LogP contribution is 2.25. The Morgan fingerprint density at radius 3 is 1.83 bits per heavy atom. The zero-order chi connectivity index (χ0) is 44.3. The van der Waals surface area contributed by atoms with Crippen molar-refractivity contribution in [2.24, 2.45) is 12.0 Å². The van der Waals surface area contributed by atoms with E-state index >= 15 is 0 Å². The minimum atomic E-state index is 0.442. The molecular weight excluding hydrogens is 873 g/mol. The molecule has 5 aromatic rings. The van der Waals surface area contributed by atoms with Crippen LogP contribution in [0.5, 0.6) is 0 Å². The molecule has 0 atom stereocenters. The largest absolute Gasteiger partial charge is 0.453 e. The van der Waals surface area contributed by atoms with E-state index in [1.165, 1.54) is 25.7 Å². The zero-order valence-electron chi connectivity index (χ0n) is 38.5. The maximum absolute atomic E-state index is 5.44. The van der Waals surface area contributed by atoms with Gasteiger partial charge in [-0.15, -0.1) is 14.4 Å². The van der Waals surface area contributed by atoms with Crippen molar-refractivity contribution >= 4 is 70.5 Å². The highest BCUT2D eigenvalue weighted by atomic mass is 32.2. The second-order valence-electron chi connectivity index (χ2n) is 15.7. The Labute approximate surface area is 388 Å². The summed E-state index contributed by atoms with van der Waals surface area (Å²) in [5.41, 5.74) is 1.16. The molecule has 2 aliphatic heterocycles. The van der Waals surface area contributed by atoms with E-state index in [4.69, 9.17) is 44.9 Å². The molecule has 0 bridgehead atoms. The van der Waals surface area contributed by atoms with Crippen LogP contribution in [-0.4, -0.2) is 113 Å². The summed E-state index contributed by atoms with van der Waals surface area (Å²) in [6.45, 7) is 15.2. The lowest BCUT2D eigenvalue weighted by Gasteiger charge is -2.22. The molecule has 0 spiro atoms. The van der Waals surface area contributed by atoms with Crippen LogP contribution >= 0.6 is 47.0 Å². The summed E-state index contributed by atoms with van der Waals surface area (Å²) in [4.78, 5) is 50.9. The van der Waals surface area contributed by atoms with Gasteiger partial charge >= 0.3 is 22.5 Å². The van der Waals surface area contributed by atoms with Gasteiger partial charge in [-0.1, -0.05) is 148 Å². The van der Waals surface area contributed by atoms with Crippen molar-refractivity contribution in [3.8, 4) is 0 Å². The zero-order valence-corrected chi connectivity index (χ0v) is 41.8. The number of fused-ring (bicyclic) bond motifs is 5. The third-order valence-corrected chi connectivity index (χ3v) is 14.7. The Balaban J connectivity index is 1.48. The van der Waals surface area contributed by atoms with E-state index in [-0.39, 0.29) is 0 Å². The van der Waals surface area contributed by atoms with Crippen molar-refractivity contribution in [2.75, 3.05) is 59.7 Å². The molecule has 0 unspecified atom stereocenters. The Kier molecular flexibility index (Phi) is 17.2. The fourth-order valence-electron chi connectivity index (χ4n) is 7.53. The van der Waals surface area contributed by atoms with E-state index in [0.29, 0.717) is 49.9 Å². The molecule has 0 radical (unpaired) electrons.